The minimum atomic E-state index is -4.10. The second-order valence-electron chi connectivity index (χ2n) is 5.36. The molecular weight excluding hydrogens is 411 g/mol. The highest BCUT2D eigenvalue weighted by atomic mass is 32.2. The van der Waals surface area contributed by atoms with E-state index in [2.05, 4.69) is 14.9 Å². The van der Waals surface area contributed by atoms with Crippen molar-refractivity contribution in [2.75, 3.05) is 25.0 Å². The number of nitrogens with one attached hydrogen (secondary N) is 1. The quantitative estimate of drug-likeness (QED) is 0.637. The molecule has 152 valence electrons. The highest BCUT2D eigenvalue weighted by Crippen LogP contribution is 2.23. The summed E-state index contributed by atoms with van der Waals surface area (Å²) >= 11 is 0.757. The molecule has 1 amide bonds. The van der Waals surface area contributed by atoms with Crippen molar-refractivity contribution in [3.05, 3.63) is 35.3 Å². The Labute approximate surface area is 165 Å². The van der Waals surface area contributed by atoms with E-state index < -0.39 is 32.6 Å². The van der Waals surface area contributed by atoms with Crippen LogP contribution in [0.2, 0.25) is 0 Å². The minimum absolute atomic E-state index is 0.0425. The first-order valence-corrected chi connectivity index (χ1v) is 10.6. The Bertz CT molecular complexity index is 973. The average molecular weight is 430 g/mol. The number of ether oxygens (including phenoxy) is 1. The van der Waals surface area contributed by atoms with Crippen LogP contribution in [0.4, 0.5) is 9.39 Å². The van der Waals surface area contributed by atoms with Gasteiger partial charge in [0.25, 0.3) is 5.91 Å². The zero-order valence-electron chi connectivity index (χ0n) is 15.4. The number of benzene rings is 1. The van der Waals surface area contributed by atoms with Crippen molar-refractivity contribution in [1.29, 1.82) is 0 Å². The maximum atomic E-state index is 14.2. The summed E-state index contributed by atoms with van der Waals surface area (Å²) in [5.74, 6) is -2.46. The number of rotatable bonds is 8. The van der Waals surface area contributed by atoms with E-state index in [0.717, 1.165) is 34.0 Å². The van der Waals surface area contributed by atoms with Crippen molar-refractivity contribution >= 4 is 38.4 Å². The van der Waals surface area contributed by atoms with Crippen LogP contribution in [-0.2, 0) is 14.8 Å². The predicted molar refractivity (Wildman–Crippen MR) is 100 cm³/mol. The third-order valence-corrected chi connectivity index (χ3v) is 6.41. The van der Waals surface area contributed by atoms with E-state index in [4.69, 9.17) is 4.74 Å². The molecule has 1 aromatic heterocycles. The van der Waals surface area contributed by atoms with E-state index in [1.165, 1.54) is 0 Å². The molecule has 1 heterocycles. The molecule has 0 spiro atoms. The van der Waals surface area contributed by atoms with Gasteiger partial charge in [-0.15, -0.1) is 5.10 Å². The van der Waals surface area contributed by atoms with Crippen LogP contribution < -0.4 is 5.32 Å². The lowest BCUT2D eigenvalue weighted by Crippen LogP contribution is -2.31. The van der Waals surface area contributed by atoms with Gasteiger partial charge in [-0.05, 0) is 25.1 Å². The summed E-state index contributed by atoms with van der Waals surface area (Å²) in [6.45, 7) is 5.31. The summed E-state index contributed by atoms with van der Waals surface area (Å²) < 4.78 is 48.9. The molecule has 1 aromatic carbocycles. The van der Waals surface area contributed by atoms with E-state index in [0.29, 0.717) is 0 Å². The van der Waals surface area contributed by atoms with E-state index in [9.17, 15) is 22.4 Å². The molecule has 0 aliphatic heterocycles. The Morgan fingerprint density at radius 1 is 1.25 bits per heavy atom. The van der Waals surface area contributed by atoms with Crippen LogP contribution in [0.5, 0.6) is 0 Å². The van der Waals surface area contributed by atoms with Crippen LogP contribution in [0.3, 0.4) is 0 Å². The molecule has 0 atom stereocenters. The van der Waals surface area contributed by atoms with Gasteiger partial charge in [-0.2, -0.15) is 4.31 Å². The fraction of sp³-hybridized carbons (Fsp3) is 0.375. The van der Waals surface area contributed by atoms with Gasteiger partial charge in [-0.3, -0.25) is 4.79 Å². The molecule has 0 aliphatic carbocycles. The molecule has 0 saturated carbocycles. The number of carbonyl (C=O) groups is 2. The van der Waals surface area contributed by atoms with Gasteiger partial charge in [0.1, 0.15) is 10.7 Å². The van der Waals surface area contributed by atoms with Crippen molar-refractivity contribution in [1.82, 2.24) is 13.9 Å². The highest BCUT2D eigenvalue weighted by Gasteiger charge is 2.27. The monoisotopic (exact) mass is 430 g/mol. The van der Waals surface area contributed by atoms with E-state index in [1.54, 1.807) is 20.8 Å². The van der Waals surface area contributed by atoms with Crippen molar-refractivity contribution in [3.63, 3.8) is 0 Å². The molecule has 0 fully saturated rings. The van der Waals surface area contributed by atoms with Gasteiger partial charge in [0.15, 0.2) is 5.00 Å². The van der Waals surface area contributed by atoms with Gasteiger partial charge in [0.05, 0.1) is 6.61 Å². The summed E-state index contributed by atoms with van der Waals surface area (Å²) in [6.07, 6.45) is 0. The molecule has 2 rings (SSSR count). The maximum Gasteiger partial charge on any atom is 0.362 e. The number of aromatic nitrogens is 2. The predicted octanol–water partition coefficient (Wildman–Crippen LogP) is 2.14. The zero-order chi connectivity index (χ0) is 20.9. The van der Waals surface area contributed by atoms with E-state index in [-0.39, 0.29) is 36.0 Å². The van der Waals surface area contributed by atoms with Crippen LogP contribution in [0.1, 0.15) is 41.6 Å². The van der Waals surface area contributed by atoms with Gasteiger partial charge in [-0.1, -0.05) is 18.3 Å². The lowest BCUT2D eigenvalue weighted by atomic mass is 10.2. The second kappa shape index (κ2) is 9.17. The van der Waals surface area contributed by atoms with Crippen LogP contribution in [0, 0.1) is 5.82 Å². The molecular formula is C16H19FN4O5S2. The van der Waals surface area contributed by atoms with Crippen molar-refractivity contribution in [3.8, 4) is 0 Å². The summed E-state index contributed by atoms with van der Waals surface area (Å²) in [7, 11) is -4.10. The number of anilines is 1. The van der Waals surface area contributed by atoms with E-state index in [1.807, 2.05) is 0 Å². The van der Waals surface area contributed by atoms with Crippen LogP contribution in [-0.4, -0.2) is 53.9 Å². The normalized spacial score (nSPS) is 11.5. The molecule has 0 unspecified atom stereocenters. The fourth-order valence-electron chi connectivity index (χ4n) is 2.33. The molecule has 12 heteroatoms. The number of amides is 1. The molecule has 9 nitrogen and oxygen atoms in total. The Morgan fingerprint density at radius 2 is 1.93 bits per heavy atom. The van der Waals surface area contributed by atoms with Crippen LogP contribution >= 0.6 is 11.5 Å². The Hall–Kier alpha value is -2.44. The maximum absolute atomic E-state index is 14.2. The topological polar surface area (TPSA) is 119 Å². The van der Waals surface area contributed by atoms with Gasteiger partial charge in [0.2, 0.25) is 15.7 Å². The van der Waals surface area contributed by atoms with Gasteiger partial charge < -0.3 is 10.1 Å². The number of hydrogen-bond donors (Lipinski definition) is 1. The first kappa shape index (κ1) is 21.9. The summed E-state index contributed by atoms with van der Waals surface area (Å²) in [5, 5.41) is 6.08. The highest BCUT2D eigenvalue weighted by molar-refractivity contribution is 7.89. The van der Waals surface area contributed by atoms with Gasteiger partial charge in [-0.25, -0.2) is 17.6 Å². The first-order chi connectivity index (χ1) is 13.3. The number of nitrogens with zero attached hydrogens (tertiary/aromatic N) is 3. The van der Waals surface area contributed by atoms with Gasteiger partial charge in [0, 0.05) is 30.2 Å². The molecule has 0 saturated heterocycles. The largest absolute Gasteiger partial charge is 0.461 e. The number of halogens is 1. The van der Waals surface area contributed by atoms with Crippen molar-refractivity contribution in [2.24, 2.45) is 0 Å². The first-order valence-electron chi connectivity index (χ1n) is 8.36. The number of carbonyl (C=O) groups excluding carboxylic acids is 2. The molecule has 28 heavy (non-hydrogen) atoms. The lowest BCUT2D eigenvalue weighted by molar-refractivity contribution is 0.0520. The average Bonchev–Trinajstić information content (AvgIpc) is 3.11. The Balaban J connectivity index is 2.34. The number of esters is 1. The van der Waals surface area contributed by atoms with E-state index >= 15 is 0 Å². The van der Waals surface area contributed by atoms with Crippen LogP contribution in [0.15, 0.2) is 23.1 Å². The summed E-state index contributed by atoms with van der Waals surface area (Å²) in [6, 6.07) is 3.00. The molecule has 0 bridgehead atoms. The molecule has 2 aromatic rings. The van der Waals surface area contributed by atoms with Crippen molar-refractivity contribution in [2.45, 2.75) is 25.7 Å². The second-order valence-corrected chi connectivity index (χ2v) is 8.02. The Morgan fingerprint density at radius 3 is 2.54 bits per heavy atom. The standard InChI is InChI=1S/C16H19FN4O5S2/c1-4-21(5-2)28(24,25)12-9-10(7-8-11(12)17)14(22)18-15-13(19-20-27-15)16(23)26-6-3/h7-9H,4-6H2,1-3H3,(H,18,22). The Kier molecular flexibility index (Phi) is 7.16. The van der Waals surface area contributed by atoms with Gasteiger partial charge >= 0.3 is 5.97 Å². The summed E-state index contributed by atoms with van der Waals surface area (Å²) in [5.41, 5.74) is -0.270. The SMILES string of the molecule is CCOC(=O)c1nnsc1NC(=O)c1ccc(F)c(S(=O)(=O)N(CC)CC)c1. The van der Waals surface area contributed by atoms with Crippen molar-refractivity contribution < 1.29 is 27.1 Å². The third kappa shape index (κ3) is 4.51. The fourth-order valence-corrected chi connectivity index (χ4v) is 4.43. The zero-order valence-corrected chi connectivity index (χ0v) is 17.1. The smallest absolute Gasteiger partial charge is 0.362 e. The molecule has 0 radical (unpaired) electrons. The lowest BCUT2D eigenvalue weighted by Gasteiger charge is -2.19. The third-order valence-electron chi connectivity index (χ3n) is 3.70. The molecule has 1 N–H and O–H groups in total. The summed E-state index contributed by atoms with van der Waals surface area (Å²) in [4.78, 5) is 23.7. The number of sulfonamides is 1. The minimum Gasteiger partial charge on any atom is -0.461 e. The molecule has 0 aliphatic rings. The van der Waals surface area contributed by atoms with Crippen LogP contribution in [0.25, 0.3) is 0 Å². The number of hydrogen-bond acceptors (Lipinski definition) is 8.